The molecular formula is C15H23Cl2N3O. The lowest BCUT2D eigenvalue weighted by Gasteiger charge is -2.22. The first-order valence-corrected chi connectivity index (χ1v) is 7.37. The van der Waals surface area contributed by atoms with Crippen LogP contribution in [0.4, 0.5) is 5.69 Å². The molecule has 6 heteroatoms. The van der Waals surface area contributed by atoms with E-state index in [1.54, 1.807) is 6.07 Å². The molecule has 1 fully saturated rings. The van der Waals surface area contributed by atoms with E-state index in [2.05, 4.69) is 17.1 Å². The van der Waals surface area contributed by atoms with Crippen LogP contribution in [0.1, 0.15) is 19.8 Å². The molecule has 1 aromatic rings. The van der Waals surface area contributed by atoms with Crippen LogP contribution in [-0.2, 0) is 4.79 Å². The van der Waals surface area contributed by atoms with Crippen molar-refractivity contribution in [3.8, 4) is 0 Å². The van der Waals surface area contributed by atoms with Gasteiger partial charge in [0.15, 0.2) is 0 Å². The van der Waals surface area contributed by atoms with E-state index in [4.69, 9.17) is 17.3 Å². The summed E-state index contributed by atoms with van der Waals surface area (Å²) in [5.41, 5.74) is 6.67. The van der Waals surface area contributed by atoms with E-state index in [1.807, 2.05) is 18.2 Å². The Morgan fingerprint density at radius 2 is 2.19 bits per heavy atom. The maximum atomic E-state index is 11.9. The number of amides is 1. The average Bonchev–Trinajstić information content (AvgIpc) is 2.82. The van der Waals surface area contributed by atoms with E-state index >= 15 is 0 Å². The van der Waals surface area contributed by atoms with E-state index in [1.165, 1.54) is 0 Å². The highest BCUT2D eigenvalue weighted by molar-refractivity contribution is 6.33. The Hall–Kier alpha value is -0.810. The lowest BCUT2D eigenvalue weighted by molar-refractivity contribution is -0.116. The van der Waals surface area contributed by atoms with Crippen molar-refractivity contribution in [2.45, 2.75) is 19.8 Å². The fraction of sp³-hybridized carbons (Fsp3) is 0.533. The lowest BCUT2D eigenvalue weighted by Crippen LogP contribution is -2.32. The Morgan fingerprint density at radius 3 is 2.81 bits per heavy atom. The minimum atomic E-state index is -0.000508. The fourth-order valence-corrected chi connectivity index (χ4v) is 2.70. The molecule has 3 N–H and O–H groups in total. The molecule has 21 heavy (non-hydrogen) atoms. The molecule has 1 saturated heterocycles. The maximum Gasteiger partial charge on any atom is 0.225 e. The quantitative estimate of drug-likeness (QED) is 0.872. The van der Waals surface area contributed by atoms with Crippen LogP contribution < -0.4 is 11.1 Å². The largest absolute Gasteiger partial charge is 0.330 e. The Kier molecular flexibility index (Phi) is 6.94. The van der Waals surface area contributed by atoms with Crippen LogP contribution in [0, 0.1) is 5.41 Å². The van der Waals surface area contributed by atoms with Gasteiger partial charge in [-0.15, -0.1) is 12.4 Å². The van der Waals surface area contributed by atoms with Gasteiger partial charge >= 0.3 is 0 Å². The van der Waals surface area contributed by atoms with Crippen molar-refractivity contribution in [3.63, 3.8) is 0 Å². The number of halogens is 2. The average molecular weight is 332 g/mol. The predicted molar refractivity (Wildman–Crippen MR) is 90.2 cm³/mol. The van der Waals surface area contributed by atoms with Crippen LogP contribution in [0.25, 0.3) is 0 Å². The van der Waals surface area contributed by atoms with Gasteiger partial charge in [-0.2, -0.15) is 0 Å². The van der Waals surface area contributed by atoms with Crippen molar-refractivity contribution in [2.75, 3.05) is 31.5 Å². The number of benzene rings is 1. The summed E-state index contributed by atoms with van der Waals surface area (Å²) in [6.45, 7) is 5.67. The van der Waals surface area contributed by atoms with Gasteiger partial charge < -0.3 is 16.0 Å². The van der Waals surface area contributed by atoms with Crippen LogP contribution in [0.2, 0.25) is 5.02 Å². The fourth-order valence-electron chi connectivity index (χ4n) is 2.52. The van der Waals surface area contributed by atoms with Crippen molar-refractivity contribution < 1.29 is 4.79 Å². The van der Waals surface area contributed by atoms with Gasteiger partial charge in [0, 0.05) is 19.5 Å². The third kappa shape index (κ3) is 5.15. The van der Waals surface area contributed by atoms with Crippen LogP contribution in [-0.4, -0.2) is 37.0 Å². The second-order valence-electron chi connectivity index (χ2n) is 5.82. The molecule has 1 aliphatic heterocycles. The lowest BCUT2D eigenvalue weighted by atomic mass is 9.90. The summed E-state index contributed by atoms with van der Waals surface area (Å²) in [5, 5.41) is 3.41. The van der Waals surface area contributed by atoms with Crippen LogP contribution in [0.5, 0.6) is 0 Å². The molecule has 1 aromatic carbocycles. The molecule has 0 aliphatic carbocycles. The van der Waals surface area contributed by atoms with Gasteiger partial charge in [-0.05, 0) is 37.1 Å². The van der Waals surface area contributed by atoms with Crippen molar-refractivity contribution in [1.82, 2.24) is 4.90 Å². The van der Waals surface area contributed by atoms with Crippen molar-refractivity contribution in [1.29, 1.82) is 0 Å². The van der Waals surface area contributed by atoms with Crippen molar-refractivity contribution in [2.24, 2.45) is 11.1 Å². The zero-order chi connectivity index (χ0) is 14.6. The zero-order valence-corrected chi connectivity index (χ0v) is 13.8. The summed E-state index contributed by atoms with van der Waals surface area (Å²) in [5.74, 6) is -0.000508. The zero-order valence-electron chi connectivity index (χ0n) is 12.3. The molecular weight excluding hydrogens is 309 g/mol. The first-order chi connectivity index (χ1) is 9.52. The summed E-state index contributed by atoms with van der Waals surface area (Å²) in [6, 6.07) is 7.27. The van der Waals surface area contributed by atoms with E-state index in [-0.39, 0.29) is 23.7 Å². The van der Waals surface area contributed by atoms with Crippen molar-refractivity contribution in [3.05, 3.63) is 29.3 Å². The number of hydrogen-bond donors (Lipinski definition) is 2. The number of anilines is 1. The minimum Gasteiger partial charge on any atom is -0.330 e. The van der Waals surface area contributed by atoms with Gasteiger partial charge in [0.05, 0.1) is 10.7 Å². The number of nitrogens with zero attached hydrogens (tertiary/aromatic N) is 1. The Balaban J connectivity index is 0.00000220. The van der Waals surface area contributed by atoms with Gasteiger partial charge in [-0.25, -0.2) is 0 Å². The van der Waals surface area contributed by atoms with Gasteiger partial charge in [-0.1, -0.05) is 30.7 Å². The van der Waals surface area contributed by atoms with E-state index in [9.17, 15) is 4.79 Å². The molecule has 1 unspecified atom stereocenters. The first-order valence-electron chi connectivity index (χ1n) is 6.99. The maximum absolute atomic E-state index is 11.9. The first kappa shape index (κ1) is 18.2. The van der Waals surface area contributed by atoms with Crippen LogP contribution >= 0.6 is 24.0 Å². The number of hydrogen-bond acceptors (Lipinski definition) is 3. The Bertz CT molecular complexity index is 484. The summed E-state index contributed by atoms with van der Waals surface area (Å²) in [4.78, 5) is 14.2. The molecule has 2 rings (SSSR count). The Morgan fingerprint density at radius 1 is 1.48 bits per heavy atom. The Labute approximate surface area is 137 Å². The molecule has 1 amide bonds. The van der Waals surface area contributed by atoms with Gasteiger partial charge in [0.2, 0.25) is 5.91 Å². The number of rotatable bonds is 5. The molecule has 1 atom stereocenters. The van der Waals surface area contributed by atoms with Gasteiger partial charge in [0.1, 0.15) is 0 Å². The highest BCUT2D eigenvalue weighted by Gasteiger charge is 2.32. The van der Waals surface area contributed by atoms with E-state index < -0.39 is 0 Å². The number of likely N-dealkylation sites (tertiary alicyclic amines) is 1. The minimum absolute atomic E-state index is 0. The summed E-state index contributed by atoms with van der Waals surface area (Å²) in [7, 11) is 0. The van der Waals surface area contributed by atoms with Gasteiger partial charge in [0.25, 0.3) is 0 Å². The molecule has 0 saturated carbocycles. The molecule has 0 radical (unpaired) electrons. The van der Waals surface area contributed by atoms with E-state index in [0.29, 0.717) is 23.7 Å². The number of nitrogens with two attached hydrogens (primary N) is 1. The van der Waals surface area contributed by atoms with Gasteiger partial charge in [-0.3, -0.25) is 4.79 Å². The van der Waals surface area contributed by atoms with Crippen LogP contribution in [0.15, 0.2) is 24.3 Å². The number of nitrogens with one attached hydrogen (secondary N) is 1. The summed E-state index contributed by atoms with van der Waals surface area (Å²) < 4.78 is 0. The summed E-state index contributed by atoms with van der Waals surface area (Å²) >= 11 is 6.01. The molecule has 0 bridgehead atoms. The highest BCUT2D eigenvalue weighted by Crippen LogP contribution is 2.28. The highest BCUT2D eigenvalue weighted by atomic mass is 35.5. The monoisotopic (exact) mass is 331 g/mol. The number of para-hydroxylation sites is 1. The predicted octanol–water partition coefficient (Wildman–Crippen LogP) is 2.76. The second-order valence-corrected chi connectivity index (χ2v) is 6.23. The third-order valence-corrected chi connectivity index (χ3v) is 4.26. The SMILES string of the molecule is CC1(CN)CCN(CCC(=O)Nc2ccccc2Cl)C1.Cl. The van der Waals surface area contributed by atoms with E-state index in [0.717, 1.165) is 26.1 Å². The molecule has 4 nitrogen and oxygen atoms in total. The normalized spacial score (nSPS) is 21.9. The van der Waals surface area contributed by atoms with Crippen LogP contribution in [0.3, 0.4) is 0 Å². The second kappa shape index (κ2) is 7.99. The van der Waals surface area contributed by atoms with Crippen molar-refractivity contribution >= 4 is 35.6 Å². The summed E-state index contributed by atoms with van der Waals surface area (Å²) in [6.07, 6.45) is 1.58. The topological polar surface area (TPSA) is 58.4 Å². The molecule has 118 valence electrons. The third-order valence-electron chi connectivity index (χ3n) is 3.93. The smallest absolute Gasteiger partial charge is 0.225 e. The number of carbonyl (C=O) groups excluding carboxylic acids is 1. The standard InChI is InChI=1S/C15H22ClN3O.ClH/c1-15(10-17)7-9-19(11-15)8-6-14(20)18-13-5-3-2-4-12(13)16;/h2-5H,6-11,17H2,1H3,(H,18,20);1H. The molecule has 0 spiro atoms. The molecule has 1 aliphatic rings. The molecule has 1 heterocycles. The molecule has 0 aromatic heterocycles. The number of carbonyl (C=O) groups is 1.